The Balaban J connectivity index is 1.94. The highest BCUT2D eigenvalue weighted by Gasteiger charge is 2.13. The quantitative estimate of drug-likeness (QED) is 0.641. The molecule has 1 atom stereocenters. The SMILES string of the molecule is CCCCCSC(C)CNC1CCCCC1. The first-order valence-corrected chi connectivity index (χ1v) is 8.22. The van der Waals surface area contributed by atoms with Gasteiger partial charge in [0.2, 0.25) is 0 Å². The van der Waals surface area contributed by atoms with Crippen LogP contribution in [-0.4, -0.2) is 23.6 Å². The molecule has 0 bridgehead atoms. The van der Waals surface area contributed by atoms with Crippen molar-refractivity contribution in [2.75, 3.05) is 12.3 Å². The molecule has 1 fully saturated rings. The largest absolute Gasteiger partial charge is 0.313 e. The van der Waals surface area contributed by atoms with Crippen LogP contribution in [0, 0.1) is 0 Å². The molecule has 96 valence electrons. The maximum absolute atomic E-state index is 3.74. The predicted molar refractivity (Wildman–Crippen MR) is 76.3 cm³/mol. The van der Waals surface area contributed by atoms with E-state index in [0.29, 0.717) is 0 Å². The van der Waals surface area contributed by atoms with Gasteiger partial charge in [0.05, 0.1) is 0 Å². The minimum Gasteiger partial charge on any atom is -0.313 e. The van der Waals surface area contributed by atoms with Gasteiger partial charge < -0.3 is 5.32 Å². The van der Waals surface area contributed by atoms with Gasteiger partial charge in [-0.15, -0.1) is 0 Å². The fraction of sp³-hybridized carbons (Fsp3) is 1.00. The number of unbranched alkanes of at least 4 members (excludes halogenated alkanes) is 2. The first-order valence-electron chi connectivity index (χ1n) is 7.18. The Morgan fingerprint density at radius 3 is 2.62 bits per heavy atom. The molecule has 0 amide bonds. The van der Waals surface area contributed by atoms with Gasteiger partial charge in [-0.2, -0.15) is 11.8 Å². The molecule has 1 aliphatic rings. The second-order valence-electron chi connectivity index (χ2n) is 5.13. The summed E-state index contributed by atoms with van der Waals surface area (Å²) < 4.78 is 0. The van der Waals surface area contributed by atoms with E-state index in [1.807, 2.05) is 0 Å². The van der Waals surface area contributed by atoms with Gasteiger partial charge >= 0.3 is 0 Å². The van der Waals surface area contributed by atoms with Gasteiger partial charge in [0.1, 0.15) is 0 Å². The summed E-state index contributed by atoms with van der Waals surface area (Å²) >= 11 is 2.14. The standard InChI is InChI=1S/C14H29NS/c1-3-4-8-11-16-13(2)12-15-14-9-6-5-7-10-14/h13-15H,3-12H2,1-2H3. The Labute approximate surface area is 106 Å². The van der Waals surface area contributed by atoms with E-state index in [1.165, 1.54) is 63.7 Å². The molecule has 1 unspecified atom stereocenters. The van der Waals surface area contributed by atoms with E-state index in [-0.39, 0.29) is 0 Å². The summed E-state index contributed by atoms with van der Waals surface area (Å²) in [5.41, 5.74) is 0. The number of hydrogen-bond donors (Lipinski definition) is 1. The average molecular weight is 243 g/mol. The van der Waals surface area contributed by atoms with E-state index in [1.54, 1.807) is 0 Å². The summed E-state index contributed by atoms with van der Waals surface area (Å²) in [6, 6.07) is 0.826. The van der Waals surface area contributed by atoms with E-state index >= 15 is 0 Å². The summed E-state index contributed by atoms with van der Waals surface area (Å²) in [5.74, 6) is 1.35. The summed E-state index contributed by atoms with van der Waals surface area (Å²) in [6.07, 6.45) is 11.3. The Kier molecular flexibility index (Phi) is 8.40. The van der Waals surface area contributed by atoms with Crippen molar-refractivity contribution < 1.29 is 0 Å². The molecule has 1 aliphatic carbocycles. The lowest BCUT2D eigenvalue weighted by molar-refractivity contribution is 0.375. The summed E-state index contributed by atoms with van der Waals surface area (Å²) in [5, 5.41) is 4.53. The lowest BCUT2D eigenvalue weighted by atomic mass is 9.95. The van der Waals surface area contributed by atoms with E-state index in [9.17, 15) is 0 Å². The number of rotatable bonds is 8. The van der Waals surface area contributed by atoms with Crippen molar-refractivity contribution in [2.45, 2.75) is 76.5 Å². The van der Waals surface area contributed by atoms with Gasteiger partial charge in [-0.3, -0.25) is 0 Å². The van der Waals surface area contributed by atoms with E-state index in [2.05, 4.69) is 30.9 Å². The van der Waals surface area contributed by atoms with Crippen LogP contribution in [0.5, 0.6) is 0 Å². The smallest absolute Gasteiger partial charge is 0.0144 e. The Morgan fingerprint density at radius 1 is 1.19 bits per heavy atom. The first kappa shape index (κ1) is 14.4. The lowest BCUT2D eigenvalue weighted by Gasteiger charge is -2.24. The van der Waals surface area contributed by atoms with Crippen LogP contribution in [-0.2, 0) is 0 Å². The van der Waals surface area contributed by atoms with Crippen molar-refractivity contribution in [1.29, 1.82) is 0 Å². The molecular weight excluding hydrogens is 214 g/mol. The maximum Gasteiger partial charge on any atom is 0.0144 e. The fourth-order valence-corrected chi connectivity index (χ4v) is 3.32. The molecule has 1 rings (SSSR count). The molecule has 0 aromatic carbocycles. The van der Waals surface area contributed by atoms with Crippen LogP contribution in [0.3, 0.4) is 0 Å². The minimum absolute atomic E-state index is 0.791. The second-order valence-corrected chi connectivity index (χ2v) is 6.68. The van der Waals surface area contributed by atoms with Crippen molar-refractivity contribution in [1.82, 2.24) is 5.32 Å². The number of hydrogen-bond acceptors (Lipinski definition) is 2. The van der Waals surface area contributed by atoms with Gasteiger partial charge in [0.25, 0.3) is 0 Å². The number of nitrogens with one attached hydrogen (secondary N) is 1. The molecule has 0 radical (unpaired) electrons. The van der Waals surface area contributed by atoms with Crippen LogP contribution in [0.2, 0.25) is 0 Å². The molecular formula is C14H29NS. The minimum atomic E-state index is 0.791. The molecule has 1 nitrogen and oxygen atoms in total. The molecule has 0 saturated heterocycles. The Hall–Kier alpha value is 0.310. The normalized spacial score (nSPS) is 19.9. The van der Waals surface area contributed by atoms with Crippen molar-refractivity contribution in [3.8, 4) is 0 Å². The molecule has 0 heterocycles. The summed E-state index contributed by atoms with van der Waals surface area (Å²) in [6.45, 7) is 5.85. The van der Waals surface area contributed by atoms with E-state index < -0.39 is 0 Å². The molecule has 0 spiro atoms. The highest BCUT2D eigenvalue weighted by Crippen LogP contribution is 2.18. The zero-order valence-corrected chi connectivity index (χ0v) is 12.0. The molecule has 1 saturated carbocycles. The summed E-state index contributed by atoms with van der Waals surface area (Å²) in [7, 11) is 0. The van der Waals surface area contributed by atoms with Gasteiger partial charge in [-0.05, 0) is 25.0 Å². The van der Waals surface area contributed by atoms with Crippen LogP contribution in [0.25, 0.3) is 0 Å². The Bertz CT molecular complexity index is 155. The molecule has 0 aromatic heterocycles. The van der Waals surface area contributed by atoms with Crippen molar-refractivity contribution in [3.05, 3.63) is 0 Å². The van der Waals surface area contributed by atoms with Crippen LogP contribution >= 0.6 is 11.8 Å². The third-order valence-electron chi connectivity index (χ3n) is 3.45. The van der Waals surface area contributed by atoms with Gasteiger partial charge in [-0.25, -0.2) is 0 Å². The van der Waals surface area contributed by atoms with Crippen molar-refractivity contribution >= 4 is 11.8 Å². The zero-order chi connectivity index (χ0) is 11.6. The monoisotopic (exact) mass is 243 g/mol. The van der Waals surface area contributed by atoms with Crippen LogP contribution in [0.15, 0.2) is 0 Å². The Morgan fingerprint density at radius 2 is 1.94 bits per heavy atom. The molecule has 0 aliphatic heterocycles. The highest BCUT2D eigenvalue weighted by molar-refractivity contribution is 7.99. The second kappa shape index (κ2) is 9.35. The third kappa shape index (κ3) is 6.80. The third-order valence-corrected chi connectivity index (χ3v) is 4.71. The van der Waals surface area contributed by atoms with E-state index in [4.69, 9.17) is 0 Å². The molecule has 1 N–H and O–H groups in total. The van der Waals surface area contributed by atoms with Crippen molar-refractivity contribution in [3.63, 3.8) is 0 Å². The van der Waals surface area contributed by atoms with Gasteiger partial charge in [0.15, 0.2) is 0 Å². The van der Waals surface area contributed by atoms with Gasteiger partial charge in [-0.1, -0.05) is 46.0 Å². The maximum atomic E-state index is 3.74. The lowest BCUT2D eigenvalue weighted by Crippen LogP contribution is -2.35. The van der Waals surface area contributed by atoms with Crippen LogP contribution < -0.4 is 5.32 Å². The molecule has 2 heteroatoms. The van der Waals surface area contributed by atoms with E-state index in [0.717, 1.165) is 11.3 Å². The fourth-order valence-electron chi connectivity index (χ4n) is 2.33. The molecule has 16 heavy (non-hydrogen) atoms. The van der Waals surface area contributed by atoms with Crippen molar-refractivity contribution in [2.24, 2.45) is 0 Å². The molecule has 0 aromatic rings. The summed E-state index contributed by atoms with van der Waals surface area (Å²) in [4.78, 5) is 0. The topological polar surface area (TPSA) is 12.0 Å². The predicted octanol–water partition coefficient (Wildman–Crippen LogP) is 4.22. The zero-order valence-electron chi connectivity index (χ0n) is 11.1. The van der Waals surface area contributed by atoms with Crippen LogP contribution in [0.4, 0.5) is 0 Å². The van der Waals surface area contributed by atoms with Crippen LogP contribution in [0.1, 0.15) is 65.2 Å². The highest BCUT2D eigenvalue weighted by atomic mass is 32.2. The number of thioether (sulfide) groups is 1. The average Bonchev–Trinajstić information content (AvgIpc) is 2.33. The first-order chi connectivity index (χ1) is 7.83. The van der Waals surface area contributed by atoms with Gasteiger partial charge in [0, 0.05) is 17.8 Å².